The Morgan fingerprint density at radius 2 is 1.60 bits per heavy atom. The van der Waals surface area contributed by atoms with Gasteiger partial charge in [-0.15, -0.1) is 11.8 Å². The number of carboxylic acids is 1. The van der Waals surface area contributed by atoms with E-state index in [1.54, 1.807) is 74.5 Å². The van der Waals surface area contributed by atoms with Crippen molar-refractivity contribution in [1.29, 1.82) is 0 Å². The molecule has 4 atom stereocenters. The van der Waals surface area contributed by atoms with Crippen LogP contribution in [-0.4, -0.2) is 65.9 Å². The van der Waals surface area contributed by atoms with Crippen LogP contribution in [0.2, 0.25) is 0 Å². The summed E-state index contributed by atoms with van der Waals surface area (Å²) in [6.45, 7) is 3.45. The quantitative estimate of drug-likeness (QED) is 0.262. The number of rotatable bonds is 7. The third kappa shape index (κ3) is 4.68. The maximum Gasteiger partial charge on any atom is 0.327 e. The minimum absolute atomic E-state index is 0.0842. The molecule has 2 fully saturated rings. The SMILES string of the molecule is CC1(C)S[C@@H]2[C@H](NC(=O)C(NC(=O)c3[nH]c(=O)[nH]c(=O)c3-c3ccccc3)c3ccccc3)C(=O)N2[C@H]1C(=O)O. The topological polar surface area (TPSA) is 182 Å². The fraction of sp³-hybridized carbons (Fsp3) is 0.259. The largest absolute Gasteiger partial charge is 0.480 e. The van der Waals surface area contributed by atoms with Gasteiger partial charge >= 0.3 is 11.7 Å². The van der Waals surface area contributed by atoms with Crippen LogP contribution >= 0.6 is 11.8 Å². The van der Waals surface area contributed by atoms with Gasteiger partial charge < -0.3 is 25.6 Å². The molecule has 0 saturated carbocycles. The van der Waals surface area contributed by atoms with Crippen molar-refractivity contribution in [3.05, 3.63) is 92.8 Å². The smallest absolute Gasteiger partial charge is 0.327 e. The van der Waals surface area contributed by atoms with E-state index < -0.39 is 63.2 Å². The molecule has 0 aliphatic carbocycles. The van der Waals surface area contributed by atoms with Crippen LogP contribution in [-0.2, 0) is 14.4 Å². The van der Waals surface area contributed by atoms with Crippen molar-refractivity contribution in [3.8, 4) is 11.1 Å². The highest BCUT2D eigenvalue weighted by atomic mass is 32.2. The number of carbonyl (C=O) groups is 4. The molecule has 13 heteroatoms. The number of β-lactam (4-membered cyclic amide) rings is 1. The highest BCUT2D eigenvalue weighted by Gasteiger charge is 2.64. The zero-order valence-corrected chi connectivity index (χ0v) is 22.2. The maximum absolute atomic E-state index is 13.6. The molecule has 0 radical (unpaired) electrons. The number of fused-ring (bicyclic) bond motifs is 1. The van der Waals surface area contributed by atoms with E-state index in [0.717, 1.165) is 0 Å². The number of carboxylic acid groups (broad SMARTS) is 1. The number of aromatic amines is 2. The summed E-state index contributed by atoms with van der Waals surface area (Å²) in [5.41, 5.74) is -1.34. The molecule has 0 spiro atoms. The molecule has 1 unspecified atom stereocenters. The molecule has 1 aromatic heterocycles. The third-order valence-electron chi connectivity index (χ3n) is 6.88. The van der Waals surface area contributed by atoms with Gasteiger partial charge in [0.15, 0.2) is 0 Å². The van der Waals surface area contributed by atoms with Crippen LogP contribution < -0.4 is 21.9 Å². The van der Waals surface area contributed by atoms with E-state index in [9.17, 15) is 33.9 Å². The first-order valence-corrected chi connectivity index (χ1v) is 13.2. The van der Waals surface area contributed by atoms with Gasteiger partial charge in [-0.1, -0.05) is 60.7 Å². The Kier molecular flexibility index (Phi) is 6.84. The number of hydrogen-bond donors (Lipinski definition) is 5. The van der Waals surface area contributed by atoms with Crippen molar-refractivity contribution >= 4 is 35.5 Å². The van der Waals surface area contributed by atoms with E-state index in [0.29, 0.717) is 11.1 Å². The third-order valence-corrected chi connectivity index (χ3v) is 8.45. The average Bonchev–Trinajstić information content (AvgIpc) is 3.18. The number of nitrogens with one attached hydrogen (secondary N) is 4. The normalized spacial score (nSPS) is 21.6. The number of nitrogens with zero attached hydrogens (tertiary/aromatic N) is 1. The average molecular weight is 564 g/mol. The first kappa shape index (κ1) is 26.9. The van der Waals surface area contributed by atoms with E-state index in [4.69, 9.17) is 0 Å². The Morgan fingerprint density at radius 1 is 0.975 bits per heavy atom. The predicted molar refractivity (Wildman–Crippen MR) is 145 cm³/mol. The summed E-state index contributed by atoms with van der Waals surface area (Å²) >= 11 is 1.27. The maximum atomic E-state index is 13.6. The van der Waals surface area contributed by atoms with E-state index in [1.165, 1.54) is 16.7 Å². The summed E-state index contributed by atoms with van der Waals surface area (Å²) in [4.78, 5) is 82.3. The fourth-order valence-corrected chi connectivity index (χ4v) is 6.69. The highest BCUT2D eigenvalue weighted by Crippen LogP contribution is 2.50. The number of carbonyl (C=O) groups excluding carboxylic acids is 3. The van der Waals surface area contributed by atoms with Crippen LogP contribution in [0.1, 0.15) is 35.9 Å². The van der Waals surface area contributed by atoms with E-state index in [2.05, 4.69) is 20.6 Å². The summed E-state index contributed by atoms with van der Waals surface area (Å²) in [6, 6.07) is 13.2. The molecule has 3 heterocycles. The lowest BCUT2D eigenvalue weighted by Gasteiger charge is -2.44. The van der Waals surface area contributed by atoms with Gasteiger partial charge in [-0.2, -0.15) is 0 Å². The van der Waals surface area contributed by atoms with Crippen molar-refractivity contribution in [2.45, 2.75) is 42.1 Å². The van der Waals surface area contributed by atoms with Crippen molar-refractivity contribution in [3.63, 3.8) is 0 Å². The van der Waals surface area contributed by atoms with Crippen LogP contribution in [0.25, 0.3) is 11.1 Å². The van der Waals surface area contributed by atoms with Crippen LogP contribution in [0.15, 0.2) is 70.3 Å². The van der Waals surface area contributed by atoms with Crippen LogP contribution in [0.4, 0.5) is 0 Å². The van der Waals surface area contributed by atoms with Crippen molar-refractivity contribution < 1.29 is 24.3 Å². The molecule has 2 aliphatic rings. The molecular formula is C27H25N5O7S. The number of thioether (sulfide) groups is 1. The monoisotopic (exact) mass is 563 g/mol. The molecule has 2 aliphatic heterocycles. The molecule has 2 aromatic carbocycles. The van der Waals surface area contributed by atoms with Crippen molar-refractivity contribution in [2.24, 2.45) is 0 Å². The van der Waals surface area contributed by atoms with E-state index in [-0.39, 0.29) is 11.3 Å². The Hall–Kier alpha value is -4.65. The lowest BCUT2D eigenvalue weighted by atomic mass is 9.95. The second-order valence-electron chi connectivity index (χ2n) is 9.93. The van der Waals surface area contributed by atoms with Crippen molar-refractivity contribution in [2.75, 3.05) is 0 Å². The van der Waals surface area contributed by atoms with E-state index in [1.807, 2.05) is 0 Å². The van der Waals surface area contributed by atoms with Crippen LogP contribution in [0, 0.1) is 0 Å². The Balaban J connectivity index is 1.44. The molecule has 5 rings (SSSR count). The van der Waals surface area contributed by atoms with Gasteiger partial charge in [-0.05, 0) is 25.0 Å². The van der Waals surface area contributed by atoms with Gasteiger partial charge in [0.2, 0.25) is 11.8 Å². The summed E-state index contributed by atoms with van der Waals surface area (Å²) in [5, 5.41) is 14.3. The number of benzene rings is 2. The first-order valence-electron chi connectivity index (χ1n) is 12.3. The molecule has 2 saturated heterocycles. The summed E-state index contributed by atoms with van der Waals surface area (Å²) in [7, 11) is 0. The fourth-order valence-electron chi connectivity index (χ4n) is 5.07. The summed E-state index contributed by atoms with van der Waals surface area (Å²) in [6.07, 6.45) is 0. The predicted octanol–water partition coefficient (Wildman–Crippen LogP) is 0.833. The molecule has 3 aromatic rings. The second-order valence-corrected chi connectivity index (χ2v) is 11.7. The van der Waals surface area contributed by atoms with Gasteiger partial charge in [-0.25, -0.2) is 9.59 Å². The molecule has 5 N–H and O–H groups in total. The van der Waals surface area contributed by atoms with Gasteiger partial charge in [0.1, 0.15) is 29.2 Å². The molecule has 206 valence electrons. The zero-order chi connectivity index (χ0) is 28.8. The number of hydrogen-bond acceptors (Lipinski definition) is 7. The molecular weight excluding hydrogens is 538 g/mol. The lowest BCUT2D eigenvalue weighted by molar-refractivity contribution is -0.161. The molecule has 40 heavy (non-hydrogen) atoms. The number of amides is 3. The summed E-state index contributed by atoms with van der Waals surface area (Å²) < 4.78 is -0.779. The second kappa shape index (κ2) is 10.2. The first-order chi connectivity index (χ1) is 19.0. The number of aliphatic carboxylic acids is 1. The lowest BCUT2D eigenvalue weighted by Crippen LogP contribution is -2.71. The number of H-pyrrole nitrogens is 2. The summed E-state index contributed by atoms with van der Waals surface area (Å²) in [5.74, 6) is -3.28. The van der Waals surface area contributed by atoms with E-state index >= 15 is 0 Å². The standard InChI is InChI=1S/C27H25N5O7S/c1-27(2)19(25(37)38)32-23(36)18(24(32)40-27)29-21(34)16(14-11-7-4-8-12-14)28-22(35)17-15(13-9-5-3-6-10-13)20(33)31-26(39)30-17/h3-12,16,18-19,24H,1-2H3,(H,28,35)(H,29,34)(H,37,38)(H2,30,31,33,39)/t16?,18-,19+,24-/m1/s1. The molecule has 3 amide bonds. The minimum Gasteiger partial charge on any atom is -0.480 e. The zero-order valence-electron chi connectivity index (χ0n) is 21.3. The molecule has 0 bridgehead atoms. The van der Waals surface area contributed by atoms with Crippen molar-refractivity contribution in [1.82, 2.24) is 25.5 Å². The van der Waals surface area contributed by atoms with Gasteiger partial charge in [-0.3, -0.25) is 24.2 Å². The van der Waals surface area contributed by atoms with Crippen LogP contribution in [0.3, 0.4) is 0 Å². The molecule has 12 nitrogen and oxygen atoms in total. The van der Waals surface area contributed by atoms with Gasteiger partial charge in [0, 0.05) is 4.75 Å². The minimum atomic E-state index is -1.31. The Bertz CT molecular complexity index is 1620. The van der Waals surface area contributed by atoms with Gasteiger partial charge in [0.05, 0.1) is 5.56 Å². The Labute approximate surface area is 231 Å². The number of aromatic nitrogens is 2. The van der Waals surface area contributed by atoms with Crippen LogP contribution in [0.5, 0.6) is 0 Å². The Morgan fingerprint density at radius 3 is 2.23 bits per heavy atom. The highest BCUT2D eigenvalue weighted by molar-refractivity contribution is 8.01. The van der Waals surface area contributed by atoms with Gasteiger partial charge in [0.25, 0.3) is 11.5 Å².